The summed E-state index contributed by atoms with van der Waals surface area (Å²) in [6, 6.07) is 0. The van der Waals surface area contributed by atoms with Crippen molar-refractivity contribution in [1.82, 2.24) is 5.32 Å². The molecule has 1 saturated heterocycles. The highest BCUT2D eigenvalue weighted by molar-refractivity contribution is 5.74. The van der Waals surface area contributed by atoms with Crippen LogP contribution in [0.15, 0.2) is 0 Å². The summed E-state index contributed by atoms with van der Waals surface area (Å²) in [5, 5.41) is 3.37. The molecule has 1 fully saturated rings. The van der Waals surface area contributed by atoms with Gasteiger partial charge >= 0.3 is 5.97 Å². The average molecular weight is 227 g/mol. The highest BCUT2D eigenvalue weighted by Crippen LogP contribution is 2.41. The topological polar surface area (TPSA) is 38.3 Å². The van der Waals surface area contributed by atoms with Crippen LogP contribution in [0, 0.1) is 11.3 Å². The van der Waals surface area contributed by atoms with Crippen molar-refractivity contribution in [3.8, 4) is 0 Å². The van der Waals surface area contributed by atoms with Crippen LogP contribution in [-0.2, 0) is 9.53 Å². The number of esters is 1. The molecule has 1 aliphatic heterocycles. The first kappa shape index (κ1) is 13.5. The number of nitrogens with one attached hydrogen (secondary N) is 1. The Morgan fingerprint density at radius 3 is 2.44 bits per heavy atom. The molecule has 94 valence electrons. The lowest BCUT2D eigenvalue weighted by Crippen LogP contribution is -2.36. The van der Waals surface area contributed by atoms with Crippen LogP contribution in [0.2, 0.25) is 0 Å². The molecule has 16 heavy (non-hydrogen) atoms. The molecule has 0 radical (unpaired) electrons. The molecule has 0 amide bonds. The fourth-order valence-electron chi connectivity index (χ4n) is 3.03. The third-order valence-corrected chi connectivity index (χ3v) is 3.63. The Kier molecular flexibility index (Phi) is 5.26. The smallest absolute Gasteiger partial charge is 0.310 e. The molecular weight excluding hydrogens is 202 g/mol. The van der Waals surface area contributed by atoms with Crippen LogP contribution in [0.25, 0.3) is 0 Å². The van der Waals surface area contributed by atoms with E-state index in [4.69, 9.17) is 4.74 Å². The summed E-state index contributed by atoms with van der Waals surface area (Å²) in [6.45, 7) is 8.51. The summed E-state index contributed by atoms with van der Waals surface area (Å²) in [5.74, 6) is 0.0572. The number of hydrogen-bond acceptors (Lipinski definition) is 3. The van der Waals surface area contributed by atoms with Crippen molar-refractivity contribution in [2.45, 2.75) is 46.5 Å². The quantitative estimate of drug-likeness (QED) is 0.708. The van der Waals surface area contributed by atoms with Gasteiger partial charge in [0.05, 0.1) is 12.5 Å². The zero-order valence-electron chi connectivity index (χ0n) is 10.8. The maximum Gasteiger partial charge on any atom is 0.310 e. The van der Waals surface area contributed by atoms with Gasteiger partial charge in [0.15, 0.2) is 0 Å². The first-order chi connectivity index (χ1) is 7.70. The third-order valence-electron chi connectivity index (χ3n) is 3.63. The predicted molar refractivity (Wildman–Crippen MR) is 65.2 cm³/mol. The Balaban J connectivity index is 2.75. The second-order valence-electron chi connectivity index (χ2n) is 4.80. The molecule has 0 aromatic carbocycles. The van der Waals surface area contributed by atoms with Gasteiger partial charge in [0.1, 0.15) is 0 Å². The molecule has 1 N–H and O–H groups in total. The molecule has 0 aromatic heterocycles. The number of rotatable bonds is 6. The van der Waals surface area contributed by atoms with Crippen molar-refractivity contribution in [3.63, 3.8) is 0 Å². The highest BCUT2D eigenvalue weighted by Gasteiger charge is 2.45. The summed E-state index contributed by atoms with van der Waals surface area (Å²) in [5.41, 5.74) is 0.149. The Labute approximate surface area is 98.9 Å². The molecule has 0 aliphatic carbocycles. The summed E-state index contributed by atoms with van der Waals surface area (Å²) in [4.78, 5) is 11.9. The van der Waals surface area contributed by atoms with Crippen molar-refractivity contribution in [2.75, 3.05) is 19.7 Å². The molecular formula is C13H25NO2. The van der Waals surface area contributed by atoms with Crippen LogP contribution in [0.4, 0.5) is 0 Å². The monoisotopic (exact) mass is 227 g/mol. The Hall–Kier alpha value is -0.570. The molecule has 3 nitrogen and oxygen atoms in total. The lowest BCUT2D eigenvalue weighted by molar-refractivity contribution is -0.151. The van der Waals surface area contributed by atoms with Gasteiger partial charge in [0, 0.05) is 13.1 Å². The fraction of sp³-hybridized carbons (Fsp3) is 0.923. The van der Waals surface area contributed by atoms with Gasteiger partial charge in [-0.3, -0.25) is 4.79 Å². The van der Waals surface area contributed by atoms with Crippen LogP contribution >= 0.6 is 0 Å². The zero-order valence-corrected chi connectivity index (χ0v) is 10.8. The van der Waals surface area contributed by atoms with Crippen molar-refractivity contribution >= 4 is 5.97 Å². The van der Waals surface area contributed by atoms with Gasteiger partial charge in [-0.15, -0.1) is 0 Å². The maximum atomic E-state index is 11.9. The first-order valence-electron chi connectivity index (χ1n) is 6.57. The maximum absolute atomic E-state index is 11.9. The second-order valence-corrected chi connectivity index (χ2v) is 4.80. The van der Waals surface area contributed by atoms with Crippen LogP contribution in [0.3, 0.4) is 0 Å². The fourth-order valence-corrected chi connectivity index (χ4v) is 3.03. The van der Waals surface area contributed by atoms with E-state index in [1.165, 1.54) is 0 Å². The van der Waals surface area contributed by atoms with Gasteiger partial charge in [-0.1, -0.05) is 26.7 Å². The minimum absolute atomic E-state index is 0.00519. The van der Waals surface area contributed by atoms with Crippen LogP contribution in [-0.4, -0.2) is 25.7 Å². The van der Waals surface area contributed by atoms with E-state index in [0.717, 1.165) is 38.8 Å². The molecule has 3 heteroatoms. The van der Waals surface area contributed by atoms with Crippen LogP contribution in [0.5, 0.6) is 0 Å². The Bertz CT molecular complexity index is 222. The van der Waals surface area contributed by atoms with Gasteiger partial charge in [-0.2, -0.15) is 0 Å². The van der Waals surface area contributed by atoms with E-state index in [-0.39, 0.29) is 17.3 Å². The predicted octanol–water partition coefficient (Wildman–Crippen LogP) is 2.36. The van der Waals surface area contributed by atoms with E-state index in [1.807, 2.05) is 6.92 Å². The molecule has 1 heterocycles. The van der Waals surface area contributed by atoms with E-state index < -0.39 is 0 Å². The second kappa shape index (κ2) is 6.24. The average Bonchev–Trinajstić information content (AvgIpc) is 2.63. The molecule has 0 bridgehead atoms. The minimum Gasteiger partial charge on any atom is -0.466 e. The SMILES string of the molecule is CCCC1(CCC)CNCC1C(=O)OCC. The molecule has 0 spiro atoms. The molecule has 1 aliphatic rings. The number of carbonyl (C=O) groups excluding carboxylic acids is 1. The van der Waals surface area contributed by atoms with Crippen molar-refractivity contribution in [3.05, 3.63) is 0 Å². The molecule has 1 unspecified atom stereocenters. The normalized spacial score (nSPS) is 23.3. The lowest BCUT2D eigenvalue weighted by Gasteiger charge is -2.33. The lowest BCUT2D eigenvalue weighted by atomic mass is 9.71. The first-order valence-corrected chi connectivity index (χ1v) is 6.57. The number of carbonyl (C=O) groups is 1. The summed E-state index contributed by atoms with van der Waals surface area (Å²) >= 11 is 0. The Morgan fingerprint density at radius 2 is 1.94 bits per heavy atom. The summed E-state index contributed by atoms with van der Waals surface area (Å²) < 4.78 is 5.19. The van der Waals surface area contributed by atoms with E-state index in [1.54, 1.807) is 0 Å². The van der Waals surface area contributed by atoms with Crippen molar-refractivity contribution in [2.24, 2.45) is 11.3 Å². The molecule has 0 saturated carbocycles. The largest absolute Gasteiger partial charge is 0.466 e. The van der Waals surface area contributed by atoms with Gasteiger partial charge in [0.2, 0.25) is 0 Å². The van der Waals surface area contributed by atoms with E-state index in [0.29, 0.717) is 6.61 Å². The van der Waals surface area contributed by atoms with Crippen molar-refractivity contribution in [1.29, 1.82) is 0 Å². The Morgan fingerprint density at radius 1 is 1.31 bits per heavy atom. The summed E-state index contributed by atoms with van der Waals surface area (Å²) in [6.07, 6.45) is 4.52. The van der Waals surface area contributed by atoms with Crippen molar-refractivity contribution < 1.29 is 9.53 Å². The van der Waals surface area contributed by atoms with Gasteiger partial charge in [-0.25, -0.2) is 0 Å². The summed E-state index contributed by atoms with van der Waals surface area (Å²) in [7, 11) is 0. The molecule has 0 aromatic rings. The van der Waals surface area contributed by atoms with Gasteiger partial charge in [0.25, 0.3) is 0 Å². The van der Waals surface area contributed by atoms with E-state index in [9.17, 15) is 4.79 Å². The molecule has 1 rings (SSSR count). The number of ether oxygens (including phenoxy) is 1. The highest BCUT2D eigenvalue weighted by atomic mass is 16.5. The number of hydrogen-bond donors (Lipinski definition) is 1. The zero-order chi connectivity index (χ0) is 12.0. The van der Waals surface area contributed by atoms with Crippen LogP contribution < -0.4 is 5.32 Å². The van der Waals surface area contributed by atoms with E-state index in [2.05, 4.69) is 19.2 Å². The molecule has 1 atom stereocenters. The third kappa shape index (κ3) is 2.76. The standard InChI is InChI=1S/C13H25NO2/c1-4-7-13(8-5-2)10-14-9-11(13)12(15)16-6-3/h11,14H,4-10H2,1-3H3. The van der Waals surface area contributed by atoms with Crippen LogP contribution in [0.1, 0.15) is 46.5 Å². The minimum atomic E-state index is -0.00519. The van der Waals surface area contributed by atoms with Gasteiger partial charge < -0.3 is 10.1 Å². The van der Waals surface area contributed by atoms with Gasteiger partial charge in [-0.05, 0) is 25.2 Å². The van der Waals surface area contributed by atoms with E-state index >= 15 is 0 Å².